The Labute approximate surface area is 195 Å². The Hall–Kier alpha value is -3.47. The molecule has 0 radical (unpaired) electrons. The molecule has 1 aliphatic heterocycles. The van der Waals surface area contributed by atoms with Gasteiger partial charge in [-0.3, -0.25) is 14.7 Å². The first-order chi connectivity index (χ1) is 16.2. The second-order valence-corrected chi connectivity index (χ2v) is 9.41. The van der Waals surface area contributed by atoms with Gasteiger partial charge in [-0.05, 0) is 42.0 Å². The zero-order valence-corrected chi connectivity index (χ0v) is 19.0. The Bertz CT molecular complexity index is 1220. The topological polar surface area (TPSA) is 55.1 Å². The predicted octanol–water partition coefficient (Wildman–Crippen LogP) is 5.27. The van der Waals surface area contributed by atoms with E-state index in [0.717, 1.165) is 28.6 Å². The monoisotopic (exact) mass is 435 g/mol. The van der Waals surface area contributed by atoms with Crippen molar-refractivity contribution in [3.05, 3.63) is 89.9 Å². The van der Waals surface area contributed by atoms with E-state index in [4.69, 9.17) is 9.98 Å². The lowest BCUT2D eigenvalue weighted by molar-refractivity contribution is 0.443. The maximum absolute atomic E-state index is 4.89. The summed E-state index contributed by atoms with van der Waals surface area (Å²) in [6.45, 7) is 0. The number of nitrogens with zero attached hydrogens (tertiary/aromatic N) is 4. The van der Waals surface area contributed by atoms with E-state index in [1.165, 1.54) is 48.8 Å². The Balaban J connectivity index is 1.15. The second kappa shape index (κ2) is 8.47. The van der Waals surface area contributed by atoms with E-state index in [0.29, 0.717) is 0 Å². The summed E-state index contributed by atoms with van der Waals surface area (Å²) in [6.07, 6.45) is 19.2. The van der Waals surface area contributed by atoms with Crippen LogP contribution in [0.5, 0.6) is 0 Å². The van der Waals surface area contributed by atoms with Crippen molar-refractivity contribution in [1.29, 1.82) is 0 Å². The molecule has 5 heteroatoms. The Kier molecular flexibility index (Phi) is 5.17. The summed E-state index contributed by atoms with van der Waals surface area (Å²) < 4.78 is 1.83. The van der Waals surface area contributed by atoms with Crippen LogP contribution in [0.3, 0.4) is 0 Å². The van der Waals surface area contributed by atoms with E-state index in [-0.39, 0.29) is 12.1 Å². The van der Waals surface area contributed by atoms with Gasteiger partial charge in [-0.1, -0.05) is 61.8 Å². The molecule has 3 aromatic rings. The molecule has 1 saturated carbocycles. The summed E-state index contributed by atoms with van der Waals surface area (Å²) in [7, 11) is 1.94. The lowest BCUT2D eigenvalue weighted by Crippen LogP contribution is -2.33. The molecule has 0 bridgehead atoms. The molecule has 166 valence electrons. The number of aryl methyl sites for hydroxylation is 1. The Morgan fingerprint density at radius 2 is 1.73 bits per heavy atom. The van der Waals surface area contributed by atoms with Crippen molar-refractivity contribution < 1.29 is 0 Å². The molecule has 3 aliphatic rings. The Morgan fingerprint density at radius 1 is 0.909 bits per heavy atom. The largest absolute Gasteiger partial charge is 0.361 e. The van der Waals surface area contributed by atoms with Crippen LogP contribution in [0.2, 0.25) is 0 Å². The molecule has 1 fully saturated rings. The third-order valence-corrected chi connectivity index (χ3v) is 7.14. The van der Waals surface area contributed by atoms with Crippen LogP contribution in [0.15, 0.2) is 78.2 Å². The molecular weight excluding hydrogens is 406 g/mol. The maximum Gasteiger partial charge on any atom is 0.131 e. The van der Waals surface area contributed by atoms with Gasteiger partial charge in [-0.15, -0.1) is 0 Å². The number of aliphatic imine (C=N–C) groups is 1. The first-order valence-electron chi connectivity index (χ1n) is 12.0. The fraction of sp³-hybridized carbons (Fsp3) is 0.321. The molecule has 0 spiro atoms. The third-order valence-electron chi connectivity index (χ3n) is 7.14. The molecule has 33 heavy (non-hydrogen) atoms. The molecular formula is C28H29N5. The third kappa shape index (κ3) is 4.04. The molecule has 3 heterocycles. The highest BCUT2D eigenvalue weighted by Crippen LogP contribution is 2.33. The number of nitrogens with one attached hydrogen (secondary N) is 1. The summed E-state index contributed by atoms with van der Waals surface area (Å²) in [5, 5.41) is 7.86. The minimum atomic E-state index is 0.118. The number of benzene rings is 1. The van der Waals surface area contributed by atoms with Gasteiger partial charge in [0.05, 0.1) is 24.0 Å². The molecule has 6 rings (SSSR count). The highest BCUT2D eigenvalue weighted by Gasteiger charge is 2.28. The number of fused-ring (bicyclic) bond motifs is 1. The van der Waals surface area contributed by atoms with Gasteiger partial charge < -0.3 is 5.32 Å². The number of hydrogen-bond donors (Lipinski definition) is 1. The highest BCUT2D eigenvalue weighted by molar-refractivity contribution is 6.01. The van der Waals surface area contributed by atoms with E-state index < -0.39 is 0 Å². The van der Waals surface area contributed by atoms with Crippen molar-refractivity contribution in [3.8, 4) is 11.3 Å². The molecule has 5 nitrogen and oxygen atoms in total. The average molecular weight is 436 g/mol. The maximum atomic E-state index is 4.89. The van der Waals surface area contributed by atoms with Crippen molar-refractivity contribution >= 4 is 11.4 Å². The van der Waals surface area contributed by atoms with Gasteiger partial charge in [0.15, 0.2) is 0 Å². The van der Waals surface area contributed by atoms with Crippen LogP contribution < -0.4 is 5.32 Å². The lowest BCUT2D eigenvalue weighted by atomic mass is 9.84. The van der Waals surface area contributed by atoms with Crippen LogP contribution in [-0.2, 0) is 7.05 Å². The number of aromatic nitrogens is 3. The number of hydrogen-bond acceptors (Lipinski definition) is 4. The summed E-state index contributed by atoms with van der Waals surface area (Å²) in [5.41, 5.74) is 6.98. The van der Waals surface area contributed by atoms with Crippen molar-refractivity contribution in [3.63, 3.8) is 0 Å². The highest BCUT2D eigenvalue weighted by atomic mass is 15.2. The van der Waals surface area contributed by atoms with Gasteiger partial charge in [0.25, 0.3) is 0 Å². The van der Waals surface area contributed by atoms with E-state index in [1.807, 2.05) is 30.3 Å². The van der Waals surface area contributed by atoms with Crippen LogP contribution in [0.25, 0.3) is 16.8 Å². The molecule has 0 amide bonds. The second-order valence-electron chi connectivity index (χ2n) is 9.41. The van der Waals surface area contributed by atoms with Crippen LogP contribution in [0, 0.1) is 0 Å². The smallest absolute Gasteiger partial charge is 0.131 e. The van der Waals surface area contributed by atoms with Gasteiger partial charge >= 0.3 is 0 Å². The summed E-state index contributed by atoms with van der Waals surface area (Å²) in [5.74, 6) is 1.64. The molecule has 0 saturated heterocycles. The number of amidine groups is 1. The van der Waals surface area contributed by atoms with Crippen molar-refractivity contribution in [2.45, 2.75) is 50.1 Å². The van der Waals surface area contributed by atoms with E-state index >= 15 is 0 Å². The normalized spacial score (nSPS) is 22.5. The number of rotatable bonds is 4. The van der Waals surface area contributed by atoms with Crippen LogP contribution in [0.1, 0.15) is 54.7 Å². The first kappa shape index (κ1) is 20.2. The van der Waals surface area contributed by atoms with E-state index in [2.05, 4.69) is 65.0 Å². The van der Waals surface area contributed by atoms with Crippen molar-refractivity contribution in [2.24, 2.45) is 12.0 Å². The van der Waals surface area contributed by atoms with Gasteiger partial charge in [-0.25, -0.2) is 0 Å². The molecule has 2 unspecified atom stereocenters. The summed E-state index contributed by atoms with van der Waals surface area (Å²) >= 11 is 0. The zero-order valence-electron chi connectivity index (χ0n) is 19.0. The zero-order chi connectivity index (χ0) is 22.2. The molecule has 2 aliphatic carbocycles. The lowest BCUT2D eigenvalue weighted by Gasteiger charge is -2.22. The Morgan fingerprint density at radius 3 is 2.45 bits per heavy atom. The van der Waals surface area contributed by atoms with Gasteiger partial charge in [0.1, 0.15) is 5.84 Å². The predicted molar refractivity (Wildman–Crippen MR) is 133 cm³/mol. The number of allylic oxidation sites excluding steroid dienone is 2. The first-order valence-corrected chi connectivity index (χ1v) is 12.0. The van der Waals surface area contributed by atoms with E-state index in [9.17, 15) is 0 Å². The standard InChI is InChI=1S/C28H29N5/c1-33-18-24(17-30-33)22-11-14-26-27(15-22)32-28(31-26)23-12-13-25(29-16-23)21-9-7-20(8-10-21)19-5-3-2-4-6-19/h7-19,26-27H,2-6H2,1H3,(H,31,32). The molecule has 1 aromatic carbocycles. The van der Waals surface area contributed by atoms with Crippen molar-refractivity contribution in [2.75, 3.05) is 0 Å². The van der Waals surface area contributed by atoms with E-state index in [1.54, 1.807) is 0 Å². The van der Waals surface area contributed by atoms with Crippen LogP contribution >= 0.6 is 0 Å². The quantitative estimate of drug-likeness (QED) is 0.607. The van der Waals surface area contributed by atoms with Gasteiger partial charge in [0.2, 0.25) is 0 Å². The fourth-order valence-electron chi connectivity index (χ4n) is 5.25. The van der Waals surface area contributed by atoms with Crippen molar-refractivity contribution in [1.82, 2.24) is 20.1 Å². The molecule has 2 atom stereocenters. The molecule has 2 aromatic heterocycles. The van der Waals surface area contributed by atoms with Crippen LogP contribution in [0.4, 0.5) is 0 Å². The minimum absolute atomic E-state index is 0.118. The van der Waals surface area contributed by atoms with Gasteiger partial charge in [0, 0.05) is 36.1 Å². The minimum Gasteiger partial charge on any atom is -0.361 e. The average Bonchev–Trinajstić information content (AvgIpc) is 3.50. The fourth-order valence-corrected chi connectivity index (χ4v) is 5.25. The SMILES string of the molecule is Cn1cc(C2=CC3NC(c4ccc(-c5ccc(C6CCCCC6)cc5)nc4)=NC3C=C2)cn1. The summed E-state index contributed by atoms with van der Waals surface area (Å²) in [6, 6.07) is 13.5. The summed E-state index contributed by atoms with van der Waals surface area (Å²) in [4.78, 5) is 9.65. The molecule has 1 N–H and O–H groups in total. The number of pyridine rings is 1. The van der Waals surface area contributed by atoms with Gasteiger partial charge in [-0.2, -0.15) is 5.10 Å². The van der Waals surface area contributed by atoms with Crippen LogP contribution in [-0.4, -0.2) is 32.7 Å².